The van der Waals surface area contributed by atoms with E-state index in [1.54, 1.807) is 0 Å². The fourth-order valence-electron chi connectivity index (χ4n) is 20.1. The molecule has 0 aliphatic rings. The molecule has 0 unspecified atom stereocenters. The van der Waals surface area contributed by atoms with E-state index in [1.807, 2.05) is 0 Å². The Bertz CT molecular complexity index is 8290. The molecular formula is C132H90N4. The molecule has 0 saturated heterocycles. The number of hydrogen-bond acceptors (Lipinski definition) is 2. The molecule has 0 radical (unpaired) electrons. The molecule has 0 amide bonds. The fraction of sp³-hybridized carbons (Fsp3) is 0. The molecule has 2 aromatic heterocycles. The minimum atomic E-state index is 1.06. The van der Waals surface area contributed by atoms with Crippen molar-refractivity contribution >= 4 is 77.7 Å². The maximum atomic E-state index is 2.51. The highest BCUT2D eigenvalue weighted by Crippen LogP contribution is 2.47. The van der Waals surface area contributed by atoms with E-state index in [0.717, 1.165) is 140 Å². The Labute approximate surface area is 793 Å². The van der Waals surface area contributed by atoms with Crippen LogP contribution in [0.2, 0.25) is 0 Å². The van der Waals surface area contributed by atoms with Crippen molar-refractivity contribution in [2.24, 2.45) is 0 Å². The van der Waals surface area contributed by atoms with Gasteiger partial charge in [-0.3, -0.25) is 0 Å². The lowest BCUT2D eigenvalue weighted by Crippen LogP contribution is -2.10. The van der Waals surface area contributed by atoms with Gasteiger partial charge in [-0.25, -0.2) is 0 Å². The first-order valence-electron chi connectivity index (χ1n) is 46.7. The number of para-hydroxylation sites is 2. The SMILES string of the molecule is c1ccc(-c2ccc(N(c3ccc(-c4ccccc4)cc3)c3ccc(-c4ccc(-c5ccccc5-n5c6cc(-c7ccccc7)ccc6c6ccc(-c7cccc(-c8cccc(-c9ccc(N(c%10ccc(-c%11ccc(-c%12ccccc%12-n%12c%13cc(-c%14ccccc%14)ccc%13c%13ccc(-c%14ccccc%14)cc%13%12)cc%11)cc%10)c%10cccc(-c%11ccccc%11)c%10)cc9)c8)c7)cc65)cc4)cc3)cc2)cc1. The number of hydrogen-bond donors (Lipinski definition) is 0. The van der Waals surface area contributed by atoms with E-state index >= 15 is 0 Å². The molecular weight excluding hydrogens is 1640 g/mol. The molecule has 0 atom stereocenters. The van der Waals surface area contributed by atoms with E-state index in [-0.39, 0.29) is 0 Å². The van der Waals surface area contributed by atoms with Crippen LogP contribution in [0.4, 0.5) is 34.1 Å². The summed E-state index contributed by atoms with van der Waals surface area (Å²) in [6.45, 7) is 0. The minimum Gasteiger partial charge on any atom is -0.311 e. The minimum absolute atomic E-state index is 1.06. The monoisotopic (exact) mass is 1730 g/mol. The van der Waals surface area contributed by atoms with Crippen molar-refractivity contribution in [1.29, 1.82) is 0 Å². The van der Waals surface area contributed by atoms with Crippen LogP contribution in [0.1, 0.15) is 0 Å². The number of nitrogens with zero attached hydrogens (tertiary/aromatic N) is 4. The predicted octanol–water partition coefficient (Wildman–Crippen LogP) is 36.5. The molecule has 638 valence electrons. The van der Waals surface area contributed by atoms with Gasteiger partial charge in [-0.2, -0.15) is 0 Å². The summed E-state index contributed by atoms with van der Waals surface area (Å²) in [5, 5.41) is 4.84. The van der Waals surface area contributed by atoms with Crippen molar-refractivity contribution in [3.63, 3.8) is 0 Å². The zero-order valence-corrected chi connectivity index (χ0v) is 74.8. The first-order valence-corrected chi connectivity index (χ1v) is 46.7. The van der Waals surface area contributed by atoms with Gasteiger partial charge in [-0.15, -0.1) is 0 Å². The molecule has 0 saturated carbocycles. The van der Waals surface area contributed by atoms with E-state index < -0.39 is 0 Å². The number of anilines is 6. The van der Waals surface area contributed by atoms with Gasteiger partial charge in [0.15, 0.2) is 0 Å². The Hall–Kier alpha value is -18.0. The lowest BCUT2D eigenvalue weighted by molar-refractivity contribution is 1.18. The van der Waals surface area contributed by atoms with Crippen molar-refractivity contribution in [1.82, 2.24) is 9.13 Å². The smallest absolute Gasteiger partial charge is 0.0547 e. The molecule has 24 aromatic rings. The zero-order chi connectivity index (χ0) is 90.2. The molecule has 2 heterocycles. The maximum Gasteiger partial charge on any atom is 0.0547 e. The highest BCUT2D eigenvalue weighted by Gasteiger charge is 2.24. The Morgan fingerprint density at radius 2 is 0.287 bits per heavy atom. The van der Waals surface area contributed by atoms with Gasteiger partial charge in [0.2, 0.25) is 0 Å². The topological polar surface area (TPSA) is 16.3 Å². The van der Waals surface area contributed by atoms with Gasteiger partial charge in [0, 0.05) is 66.8 Å². The molecule has 0 fully saturated rings. The van der Waals surface area contributed by atoms with Crippen LogP contribution in [-0.4, -0.2) is 9.13 Å². The average molecular weight is 1730 g/mol. The molecule has 0 N–H and O–H groups in total. The van der Waals surface area contributed by atoms with Crippen LogP contribution in [-0.2, 0) is 0 Å². The normalized spacial score (nSPS) is 11.4. The largest absolute Gasteiger partial charge is 0.311 e. The van der Waals surface area contributed by atoms with Crippen LogP contribution in [0.25, 0.3) is 200 Å². The van der Waals surface area contributed by atoms with E-state index in [1.165, 1.54) is 93.8 Å². The lowest BCUT2D eigenvalue weighted by atomic mass is 9.95. The van der Waals surface area contributed by atoms with Crippen molar-refractivity contribution in [2.75, 3.05) is 9.80 Å². The van der Waals surface area contributed by atoms with Gasteiger partial charge in [0.05, 0.1) is 33.4 Å². The van der Waals surface area contributed by atoms with Crippen LogP contribution >= 0.6 is 0 Å². The maximum absolute atomic E-state index is 2.51. The first kappa shape index (κ1) is 81.3. The van der Waals surface area contributed by atoms with Crippen LogP contribution in [0.15, 0.2) is 546 Å². The highest BCUT2D eigenvalue weighted by atomic mass is 15.1. The van der Waals surface area contributed by atoms with Gasteiger partial charge >= 0.3 is 0 Å². The van der Waals surface area contributed by atoms with Crippen LogP contribution in [0.5, 0.6) is 0 Å². The Morgan fingerprint density at radius 3 is 0.574 bits per heavy atom. The van der Waals surface area contributed by atoms with E-state index in [2.05, 4.69) is 565 Å². The molecule has 136 heavy (non-hydrogen) atoms. The molecule has 22 aromatic carbocycles. The second-order valence-corrected chi connectivity index (χ2v) is 35.1. The van der Waals surface area contributed by atoms with Gasteiger partial charge in [-0.05, 0) is 255 Å². The Balaban J connectivity index is 0.520. The van der Waals surface area contributed by atoms with E-state index in [4.69, 9.17) is 0 Å². The summed E-state index contributed by atoms with van der Waals surface area (Å²) < 4.78 is 4.99. The van der Waals surface area contributed by atoms with Crippen molar-refractivity contribution in [2.45, 2.75) is 0 Å². The fourth-order valence-corrected chi connectivity index (χ4v) is 20.1. The summed E-state index contributed by atoms with van der Waals surface area (Å²) in [4.78, 5) is 4.73. The van der Waals surface area contributed by atoms with Gasteiger partial charge in [0.1, 0.15) is 0 Å². The molecule has 0 spiro atoms. The number of rotatable bonds is 21. The molecule has 0 aliphatic heterocycles. The third-order valence-corrected chi connectivity index (χ3v) is 27.0. The third kappa shape index (κ3) is 15.8. The average Bonchev–Trinajstić information content (AvgIpc) is 1.58. The van der Waals surface area contributed by atoms with Crippen molar-refractivity contribution in [3.8, 4) is 156 Å². The van der Waals surface area contributed by atoms with Gasteiger partial charge < -0.3 is 18.9 Å². The summed E-state index contributed by atoms with van der Waals surface area (Å²) in [5.41, 5.74) is 43.5. The van der Waals surface area contributed by atoms with E-state index in [9.17, 15) is 0 Å². The number of benzene rings is 22. The van der Waals surface area contributed by atoms with Gasteiger partial charge in [-0.1, -0.05) is 425 Å². The van der Waals surface area contributed by atoms with Crippen molar-refractivity contribution < 1.29 is 0 Å². The molecule has 0 bridgehead atoms. The van der Waals surface area contributed by atoms with Gasteiger partial charge in [0.25, 0.3) is 0 Å². The van der Waals surface area contributed by atoms with Crippen LogP contribution in [0, 0.1) is 0 Å². The highest BCUT2D eigenvalue weighted by molar-refractivity contribution is 6.13. The first-order chi connectivity index (χ1) is 67.4. The van der Waals surface area contributed by atoms with Crippen LogP contribution in [0.3, 0.4) is 0 Å². The summed E-state index contributed by atoms with van der Waals surface area (Å²) in [6.07, 6.45) is 0. The van der Waals surface area contributed by atoms with Crippen molar-refractivity contribution in [3.05, 3.63) is 546 Å². The van der Waals surface area contributed by atoms with Crippen LogP contribution < -0.4 is 9.80 Å². The summed E-state index contributed by atoms with van der Waals surface area (Å²) in [7, 11) is 0. The summed E-state index contributed by atoms with van der Waals surface area (Å²) in [5.74, 6) is 0. The summed E-state index contributed by atoms with van der Waals surface area (Å²) >= 11 is 0. The molecule has 4 nitrogen and oxygen atoms in total. The lowest BCUT2D eigenvalue weighted by Gasteiger charge is -2.26. The predicted molar refractivity (Wildman–Crippen MR) is 575 cm³/mol. The molecule has 0 aliphatic carbocycles. The second kappa shape index (κ2) is 35.7. The standard InChI is InChI=1S/C132H90N4/c1-7-26-91(27-8-1)99-56-70-115(71-57-99)133(116-72-58-100(59-73-116)92-28-9-2-10-29-92)117-74-60-101(61-75-117)97-48-52-105(53-49-97)122-45-20-22-47-128(122)136-131-89-113(96-36-17-6-18-37-96)68-82-125(131)126-83-69-114(90-132(126)136)109-41-24-40-108(85-109)107-39-23-38-106(84-107)103-64-78-119(79-65-103)134(120-43-25-42-110(86-120)93-30-11-3-12-31-93)118-76-62-102(63-77-118)98-50-54-104(55-51-98)121-44-19-21-46-127(121)135-129-87-111(94-32-13-4-14-33-94)66-80-123(129)124-81-67-112(88-130(124)135)95-34-15-5-16-35-95/h1-90H. The molecule has 4 heteroatoms. The second-order valence-electron chi connectivity index (χ2n) is 35.1. The number of aromatic nitrogens is 2. The number of fused-ring (bicyclic) bond motifs is 6. The zero-order valence-electron chi connectivity index (χ0n) is 74.8. The third-order valence-electron chi connectivity index (χ3n) is 27.0. The summed E-state index contributed by atoms with van der Waals surface area (Å²) in [6, 6.07) is 200. The Morgan fingerprint density at radius 1 is 0.110 bits per heavy atom. The van der Waals surface area contributed by atoms with E-state index in [0.29, 0.717) is 0 Å². The molecule has 24 rings (SSSR count). The quantitative estimate of drug-likeness (QED) is 0.0713. The Kier molecular flexibility index (Phi) is 21.4.